The van der Waals surface area contributed by atoms with Crippen molar-refractivity contribution in [2.45, 2.75) is 270 Å². The Morgan fingerprint density at radius 2 is 0.764 bits per heavy atom. The standard InChI is InChI=1S/C62H110NO8P/c1-3-5-7-9-11-13-15-16-17-18-19-20-21-22-23-24-25-26-27-28-29-30-31-32-33-34-35-36-37-38-39-40-41-42-43-44-45-47-49-51-53-55-62(65)71-60(59-70-72(66,67)69-57-56-63)58-68-61(64)54-52-50-48-46-14-12-10-8-6-4-2/h5,7-8,10-11,13,16-17,19-20,22-23,25-26,60H,3-4,6,9,12,14-15,18,21,24,27-59,63H2,1-2H3,(H,66,67)/b7-5-,10-8-,13-11-,17-16-,20-19-,23-22-,26-25-. The Hall–Kier alpha value is -2.81. The highest BCUT2D eigenvalue weighted by molar-refractivity contribution is 7.47. The Balaban J connectivity index is 3.74. The second-order valence-electron chi connectivity index (χ2n) is 19.5. The van der Waals surface area contributed by atoms with Crippen LogP contribution in [0.2, 0.25) is 0 Å². The third kappa shape index (κ3) is 56.5. The number of phosphoric acid groups is 1. The number of phosphoric ester groups is 1. The molecule has 0 aliphatic heterocycles. The van der Waals surface area contributed by atoms with Crippen molar-refractivity contribution in [1.29, 1.82) is 0 Å². The number of esters is 2. The zero-order valence-electron chi connectivity index (χ0n) is 46.4. The van der Waals surface area contributed by atoms with E-state index in [-0.39, 0.29) is 32.6 Å². The molecule has 2 atom stereocenters. The third-order valence-corrected chi connectivity index (χ3v) is 13.5. The molecule has 416 valence electrons. The first-order chi connectivity index (χ1) is 35.3. The van der Waals surface area contributed by atoms with Gasteiger partial charge in [-0.15, -0.1) is 0 Å². The number of carbonyl (C=O) groups is 2. The number of nitrogens with two attached hydrogens (primary N) is 1. The average molecular weight is 1030 g/mol. The summed E-state index contributed by atoms with van der Waals surface area (Å²) in [7, 11) is -4.38. The lowest BCUT2D eigenvalue weighted by Gasteiger charge is -2.19. The van der Waals surface area contributed by atoms with E-state index in [4.69, 9.17) is 24.3 Å². The van der Waals surface area contributed by atoms with E-state index in [1.54, 1.807) is 0 Å². The highest BCUT2D eigenvalue weighted by Crippen LogP contribution is 2.43. The van der Waals surface area contributed by atoms with Crippen LogP contribution in [0.15, 0.2) is 85.1 Å². The fourth-order valence-electron chi connectivity index (χ4n) is 8.17. The predicted octanol–water partition coefficient (Wildman–Crippen LogP) is 18.7. The first-order valence-electron chi connectivity index (χ1n) is 29.6. The number of hydrogen-bond donors (Lipinski definition) is 2. The van der Waals surface area contributed by atoms with E-state index in [2.05, 4.69) is 98.9 Å². The average Bonchev–Trinajstić information content (AvgIpc) is 3.37. The molecule has 0 fully saturated rings. The second-order valence-corrected chi connectivity index (χ2v) is 20.9. The lowest BCUT2D eigenvalue weighted by atomic mass is 10.0. The molecule has 0 radical (unpaired) electrons. The summed E-state index contributed by atoms with van der Waals surface area (Å²) >= 11 is 0. The van der Waals surface area contributed by atoms with Crippen molar-refractivity contribution in [2.24, 2.45) is 5.73 Å². The summed E-state index contributed by atoms with van der Waals surface area (Å²) in [6.07, 6.45) is 75.4. The first-order valence-corrected chi connectivity index (χ1v) is 31.1. The van der Waals surface area contributed by atoms with Crippen molar-refractivity contribution < 1.29 is 37.6 Å². The molecule has 0 amide bonds. The van der Waals surface area contributed by atoms with Crippen LogP contribution in [0.25, 0.3) is 0 Å². The summed E-state index contributed by atoms with van der Waals surface area (Å²) in [5.74, 6) is -0.835. The van der Waals surface area contributed by atoms with Crippen LogP contribution in [0.3, 0.4) is 0 Å². The zero-order chi connectivity index (χ0) is 52.4. The maximum absolute atomic E-state index is 12.7. The molecule has 0 rings (SSSR count). The molecule has 0 heterocycles. The maximum Gasteiger partial charge on any atom is 0.472 e. The van der Waals surface area contributed by atoms with Crippen molar-refractivity contribution in [3.05, 3.63) is 85.1 Å². The molecule has 0 bridgehead atoms. The van der Waals surface area contributed by atoms with E-state index in [1.807, 2.05) is 0 Å². The Labute approximate surface area is 443 Å². The first kappa shape index (κ1) is 69.2. The Bertz CT molecular complexity index is 1450. The van der Waals surface area contributed by atoms with Crippen molar-refractivity contribution in [3.63, 3.8) is 0 Å². The zero-order valence-corrected chi connectivity index (χ0v) is 47.3. The van der Waals surface area contributed by atoms with Crippen molar-refractivity contribution in [2.75, 3.05) is 26.4 Å². The van der Waals surface area contributed by atoms with Gasteiger partial charge in [-0.2, -0.15) is 0 Å². The van der Waals surface area contributed by atoms with Crippen LogP contribution >= 0.6 is 7.82 Å². The van der Waals surface area contributed by atoms with Crippen LogP contribution < -0.4 is 5.73 Å². The Kier molecular flexibility index (Phi) is 55.2. The van der Waals surface area contributed by atoms with Gasteiger partial charge in [-0.3, -0.25) is 18.6 Å². The summed E-state index contributed by atoms with van der Waals surface area (Å²) in [4.78, 5) is 35.0. The molecule has 72 heavy (non-hydrogen) atoms. The SMILES string of the molecule is CC/C=C\C/C=C\C/C=C\C/C=C\C/C=C\C/C=C\CCCCCCCCCCCCCCCCCCCCCCCCC(=O)OC(COC(=O)CCCCCCC/C=C\CCC)COP(=O)(O)OCCN. The van der Waals surface area contributed by atoms with Crippen LogP contribution in [0.5, 0.6) is 0 Å². The van der Waals surface area contributed by atoms with Crippen LogP contribution in [-0.2, 0) is 32.7 Å². The van der Waals surface area contributed by atoms with E-state index >= 15 is 0 Å². The van der Waals surface area contributed by atoms with E-state index in [0.717, 1.165) is 103 Å². The molecule has 10 heteroatoms. The summed E-state index contributed by atoms with van der Waals surface area (Å²) in [5.41, 5.74) is 5.36. The molecule has 0 aliphatic carbocycles. The normalized spacial score (nSPS) is 13.7. The monoisotopic (exact) mass is 1030 g/mol. The molecule has 0 aromatic rings. The minimum Gasteiger partial charge on any atom is -0.462 e. The molecule has 0 saturated heterocycles. The van der Waals surface area contributed by atoms with Crippen LogP contribution in [-0.4, -0.2) is 49.3 Å². The van der Waals surface area contributed by atoms with Crippen LogP contribution in [0, 0.1) is 0 Å². The van der Waals surface area contributed by atoms with Gasteiger partial charge in [0, 0.05) is 19.4 Å². The van der Waals surface area contributed by atoms with Gasteiger partial charge >= 0.3 is 19.8 Å². The molecular formula is C62H110NO8P. The Morgan fingerprint density at radius 1 is 0.431 bits per heavy atom. The van der Waals surface area contributed by atoms with E-state index in [9.17, 15) is 19.0 Å². The number of hydrogen-bond acceptors (Lipinski definition) is 8. The minimum atomic E-state index is -4.38. The van der Waals surface area contributed by atoms with Gasteiger partial charge in [0.1, 0.15) is 6.61 Å². The molecule has 0 aliphatic rings. The lowest BCUT2D eigenvalue weighted by molar-refractivity contribution is -0.161. The summed E-state index contributed by atoms with van der Waals surface area (Å²) in [6, 6.07) is 0. The molecule has 9 nitrogen and oxygen atoms in total. The van der Waals surface area contributed by atoms with Gasteiger partial charge in [-0.05, 0) is 83.5 Å². The van der Waals surface area contributed by atoms with Crippen molar-refractivity contribution >= 4 is 19.8 Å². The van der Waals surface area contributed by atoms with Gasteiger partial charge in [-0.1, -0.05) is 253 Å². The third-order valence-electron chi connectivity index (χ3n) is 12.5. The fraction of sp³-hybridized carbons (Fsp3) is 0.742. The van der Waals surface area contributed by atoms with E-state index in [0.29, 0.717) is 6.42 Å². The highest BCUT2D eigenvalue weighted by Gasteiger charge is 2.26. The van der Waals surface area contributed by atoms with Crippen molar-refractivity contribution in [1.82, 2.24) is 0 Å². The largest absolute Gasteiger partial charge is 0.472 e. The van der Waals surface area contributed by atoms with Gasteiger partial charge in [0.2, 0.25) is 0 Å². The number of unbranched alkanes of at least 4 members (excludes halogenated alkanes) is 28. The summed E-state index contributed by atoms with van der Waals surface area (Å²) < 4.78 is 32.9. The lowest BCUT2D eigenvalue weighted by Crippen LogP contribution is -2.29. The molecular weight excluding hydrogens is 918 g/mol. The summed E-state index contributed by atoms with van der Waals surface area (Å²) in [5, 5.41) is 0. The quantitative estimate of drug-likeness (QED) is 0.0264. The van der Waals surface area contributed by atoms with E-state index in [1.165, 1.54) is 128 Å². The van der Waals surface area contributed by atoms with E-state index < -0.39 is 32.5 Å². The summed E-state index contributed by atoms with van der Waals surface area (Å²) in [6.45, 7) is 3.56. The Morgan fingerprint density at radius 3 is 1.15 bits per heavy atom. The van der Waals surface area contributed by atoms with Gasteiger partial charge in [0.05, 0.1) is 13.2 Å². The number of carbonyl (C=O) groups excluding carboxylic acids is 2. The number of allylic oxidation sites excluding steroid dienone is 14. The molecule has 2 unspecified atom stereocenters. The topological polar surface area (TPSA) is 134 Å². The smallest absolute Gasteiger partial charge is 0.462 e. The number of ether oxygens (including phenoxy) is 2. The molecule has 3 N–H and O–H groups in total. The fourth-order valence-corrected chi connectivity index (χ4v) is 8.94. The van der Waals surface area contributed by atoms with Gasteiger partial charge < -0.3 is 20.1 Å². The molecule has 0 saturated carbocycles. The molecule has 0 aromatic carbocycles. The van der Waals surface area contributed by atoms with Crippen LogP contribution in [0.1, 0.15) is 264 Å². The van der Waals surface area contributed by atoms with Crippen LogP contribution in [0.4, 0.5) is 0 Å². The van der Waals surface area contributed by atoms with Gasteiger partial charge in [-0.25, -0.2) is 4.57 Å². The van der Waals surface area contributed by atoms with Gasteiger partial charge in [0.15, 0.2) is 6.10 Å². The minimum absolute atomic E-state index is 0.0518. The molecule has 0 spiro atoms. The molecule has 0 aromatic heterocycles. The van der Waals surface area contributed by atoms with Crippen molar-refractivity contribution in [3.8, 4) is 0 Å². The van der Waals surface area contributed by atoms with Gasteiger partial charge in [0.25, 0.3) is 0 Å². The number of rotatable bonds is 55. The maximum atomic E-state index is 12.7. The second kappa shape index (κ2) is 57.5. The highest BCUT2D eigenvalue weighted by atomic mass is 31.2. The predicted molar refractivity (Wildman–Crippen MR) is 307 cm³/mol.